The van der Waals surface area contributed by atoms with Crippen LogP contribution in [-0.4, -0.2) is 43.8 Å². The molecule has 0 aliphatic carbocycles. The summed E-state index contributed by atoms with van der Waals surface area (Å²) in [6.45, 7) is 9.07. The summed E-state index contributed by atoms with van der Waals surface area (Å²) in [6.07, 6.45) is 0. The van der Waals surface area contributed by atoms with Crippen molar-refractivity contribution < 1.29 is 4.74 Å². The fourth-order valence-corrected chi connectivity index (χ4v) is 2.18. The van der Waals surface area contributed by atoms with Gasteiger partial charge in [-0.1, -0.05) is 24.3 Å². The first-order valence-electron chi connectivity index (χ1n) is 6.67. The van der Waals surface area contributed by atoms with Crippen LogP contribution in [0.15, 0.2) is 24.3 Å². The van der Waals surface area contributed by atoms with E-state index in [0.717, 1.165) is 32.8 Å². The summed E-state index contributed by atoms with van der Waals surface area (Å²) >= 11 is 0. The van der Waals surface area contributed by atoms with Crippen molar-refractivity contribution in [2.45, 2.75) is 26.0 Å². The molecule has 1 saturated heterocycles. The number of hydrogen-bond acceptors (Lipinski definition) is 3. The van der Waals surface area contributed by atoms with E-state index in [1.165, 1.54) is 11.1 Å². The predicted molar refractivity (Wildman–Crippen MR) is 74.7 cm³/mol. The number of ether oxygens (including phenoxy) is 1. The monoisotopic (exact) mass is 248 g/mol. The second-order valence-electron chi connectivity index (χ2n) is 5.57. The second-order valence-corrected chi connectivity index (χ2v) is 5.57. The van der Waals surface area contributed by atoms with Gasteiger partial charge in [-0.15, -0.1) is 0 Å². The van der Waals surface area contributed by atoms with Gasteiger partial charge in [0.25, 0.3) is 0 Å². The molecule has 1 aromatic rings. The smallest absolute Gasteiger partial charge is 0.0902 e. The van der Waals surface area contributed by atoms with Crippen LogP contribution in [0.1, 0.15) is 18.1 Å². The number of nitrogens with one attached hydrogen (secondary N) is 1. The molecule has 0 bridgehead atoms. The first kappa shape index (κ1) is 13.5. The van der Waals surface area contributed by atoms with Gasteiger partial charge in [0.05, 0.1) is 12.2 Å². The van der Waals surface area contributed by atoms with Crippen molar-refractivity contribution in [2.75, 3.05) is 33.3 Å². The third kappa shape index (κ3) is 3.55. The highest BCUT2D eigenvalue weighted by atomic mass is 16.5. The molecule has 1 aromatic carbocycles. The standard InChI is InChI=1S/C15H24N2O/c1-13-6-4-5-7-14(13)10-17(3)8-9-18-15(2)11-16-12-15/h4-7,16H,8-12H2,1-3H3. The van der Waals surface area contributed by atoms with Gasteiger partial charge in [-0.25, -0.2) is 0 Å². The van der Waals surface area contributed by atoms with Crippen LogP contribution in [0.2, 0.25) is 0 Å². The minimum absolute atomic E-state index is 0.0729. The van der Waals surface area contributed by atoms with E-state index in [-0.39, 0.29) is 5.60 Å². The van der Waals surface area contributed by atoms with Gasteiger partial charge >= 0.3 is 0 Å². The Balaban J connectivity index is 1.72. The quantitative estimate of drug-likeness (QED) is 0.831. The van der Waals surface area contributed by atoms with Crippen molar-refractivity contribution in [2.24, 2.45) is 0 Å². The van der Waals surface area contributed by atoms with Gasteiger partial charge in [0.15, 0.2) is 0 Å². The van der Waals surface area contributed by atoms with E-state index in [4.69, 9.17) is 4.74 Å². The van der Waals surface area contributed by atoms with Gasteiger partial charge in [0.2, 0.25) is 0 Å². The Bertz CT molecular complexity index is 388. The van der Waals surface area contributed by atoms with Crippen LogP contribution in [0.25, 0.3) is 0 Å². The SMILES string of the molecule is Cc1ccccc1CN(C)CCOC1(C)CNC1. The maximum Gasteiger partial charge on any atom is 0.0902 e. The van der Waals surface area contributed by atoms with Crippen LogP contribution in [-0.2, 0) is 11.3 Å². The summed E-state index contributed by atoms with van der Waals surface area (Å²) < 4.78 is 5.90. The van der Waals surface area contributed by atoms with Gasteiger partial charge in [0.1, 0.15) is 0 Å². The molecule has 0 radical (unpaired) electrons. The van der Waals surface area contributed by atoms with E-state index in [9.17, 15) is 0 Å². The number of benzene rings is 1. The lowest BCUT2D eigenvalue weighted by Gasteiger charge is -2.39. The second kappa shape index (κ2) is 5.83. The van der Waals surface area contributed by atoms with Gasteiger partial charge in [-0.05, 0) is 32.0 Å². The van der Waals surface area contributed by atoms with Gasteiger partial charge in [0, 0.05) is 26.2 Å². The minimum atomic E-state index is 0.0729. The lowest BCUT2D eigenvalue weighted by atomic mass is 10.0. The minimum Gasteiger partial charge on any atom is -0.371 e. The number of aryl methyl sites for hydroxylation is 1. The summed E-state index contributed by atoms with van der Waals surface area (Å²) in [5.41, 5.74) is 2.83. The fourth-order valence-electron chi connectivity index (χ4n) is 2.18. The lowest BCUT2D eigenvalue weighted by molar-refractivity contribution is -0.0712. The molecule has 1 heterocycles. The zero-order valence-electron chi connectivity index (χ0n) is 11.7. The van der Waals surface area contributed by atoms with E-state index < -0.39 is 0 Å². The molecule has 1 N–H and O–H groups in total. The summed E-state index contributed by atoms with van der Waals surface area (Å²) in [4.78, 5) is 2.32. The molecule has 0 spiro atoms. The summed E-state index contributed by atoms with van der Waals surface area (Å²) in [6, 6.07) is 8.56. The average molecular weight is 248 g/mol. The van der Waals surface area contributed by atoms with E-state index in [1.807, 2.05) is 0 Å². The van der Waals surface area contributed by atoms with E-state index in [0.29, 0.717) is 0 Å². The zero-order valence-corrected chi connectivity index (χ0v) is 11.7. The fraction of sp³-hybridized carbons (Fsp3) is 0.600. The highest BCUT2D eigenvalue weighted by molar-refractivity contribution is 5.25. The van der Waals surface area contributed by atoms with Crippen molar-refractivity contribution >= 4 is 0 Å². The predicted octanol–water partition coefficient (Wildman–Crippen LogP) is 1.81. The first-order chi connectivity index (χ1) is 8.59. The largest absolute Gasteiger partial charge is 0.371 e. The molecule has 0 aromatic heterocycles. The molecule has 100 valence electrons. The molecular weight excluding hydrogens is 224 g/mol. The average Bonchev–Trinajstić information content (AvgIpc) is 2.30. The molecule has 0 atom stereocenters. The van der Waals surface area contributed by atoms with Crippen LogP contribution in [0, 0.1) is 6.92 Å². The van der Waals surface area contributed by atoms with Crippen molar-refractivity contribution in [3.8, 4) is 0 Å². The highest BCUT2D eigenvalue weighted by Crippen LogP contribution is 2.15. The third-order valence-electron chi connectivity index (χ3n) is 3.62. The molecule has 0 amide bonds. The normalized spacial score (nSPS) is 17.8. The first-order valence-corrected chi connectivity index (χ1v) is 6.67. The molecule has 18 heavy (non-hydrogen) atoms. The Morgan fingerprint density at radius 2 is 2.06 bits per heavy atom. The number of hydrogen-bond donors (Lipinski definition) is 1. The Labute approximate surface area is 110 Å². The molecule has 2 rings (SSSR count). The molecule has 1 aliphatic heterocycles. The van der Waals surface area contributed by atoms with Gasteiger partial charge in [-0.2, -0.15) is 0 Å². The maximum absolute atomic E-state index is 5.90. The number of rotatable bonds is 6. The van der Waals surface area contributed by atoms with E-state index >= 15 is 0 Å². The van der Waals surface area contributed by atoms with Gasteiger partial charge in [-0.3, -0.25) is 4.90 Å². The Morgan fingerprint density at radius 3 is 2.67 bits per heavy atom. The third-order valence-corrected chi connectivity index (χ3v) is 3.62. The number of nitrogens with zero attached hydrogens (tertiary/aromatic N) is 1. The maximum atomic E-state index is 5.90. The van der Waals surface area contributed by atoms with Crippen molar-refractivity contribution in [1.82, 2.24) is 10.2 Å². The van der Waals surface area contributed by atoms with E-state index in [1.54, 1.807) is 0 Å². The summed E-state index contributed by atoms with van der Waals surface area (Å²) in [5, 5.41) is 3.25. The number of likely N-dealkylation sites (N-methyl/N-ethyl adjacent to an activating group) is 1. The molecule has 3 nitrogen and oxygen atoms in total. The van der Waals surface area contributed by atoms with E-state index in [2.05, 4.69) is 55.4 Å². The molecule has 3 heteroatoms. The van der Waals surface area contributed by atoms with Crippen LogP contribution in [0.3, 0.4) is 0 Å². The summed E-state index contributed by atoms with van der Waals surface area (Å²) in [5.74, 6) is 0. The molecule has 0 unspecified atom stereocenters. The lowest BCUT2D eigenvalue weighted by Crippen LogP contribution is -2.59. The van der Waals surface area contributed by atoms with Crippen LogP contribution in [0.5, 0.6) is 0 Å². The Kier molecular flexibility index (Phi) is 4.38. The Hall–Kier alpha value is -0.900. The van der Waals surface area contributed by atoms with Crippen LogP contribution in [0.4, 0.5) is 0 Å². The molecular formula is C15H24N2O. The summed E-state index contributed by atoms with van der Waals surface area (Å²) in [7, 11) is 2.15. The highest BCUT2D eigenvalue weighted by Gasteiger charge is 2.32. The zero-order chi connectivity index (χ0) is 13.0. The Morgan fingerprint density at radius 1 is 1.33 bits per heavy atom. The van der Waals surface area contributed by atoms with Gasteiger partial charge < -0.3 is 10.1 Å². The topological polar surface area (TPSA) is 24.5 Å². The van der Waals surface area contributed by atoms with Crippen molar-refractivity contribution in [1.29, 1.82) is 0 Å². The van der Waals surface area contributed by atoms with Crippen LogP contribution >= 0.6 is 0 Å². The molecule has 1 fully saturated rings. The molecule has 1 aliphatic rings. The van der Waals surface area contributed by atoms with Crippen LogP contribution < -0.4 is 5.32 Å². The van der Waals surface area contributed by atoms with Crippen molar-refractivity contribution in [3.05, 3.63) is 35.4 Å². The van der Waals surface area contributed by atoms with Crippen molar-refractivity contribution in [3.63, 3.8) is 0 Å². The molecule has 0 saturated carbocycles.